The first-order chi connectivity index (χ1) is 14.3. The van der Waals surface area contributed by atoms with E-state index in [9.17, 15) is 13.2 Å². The smallest absolute Gasteiger partial charge is 0.240 e. The van der Waals surface area contributed by atoms with E-state index >= 15 is 0 Å². The molecule has 0 radical (unpaired) electrons. The molecule has 2 N–H and O–H groups in total. The van der Waals surface area contributed by atoms with Crippen LogP contribution in [-0.2, 0) is 27.7 Å². The highest BCUT2D eigenvalue weighted by Crippen LogP contribution is 2.24. The van der Waals surface area contributed by atoms with Gasteiger partial charge in [0, 0.05) is 19.5 Å². The van der Waals surface area contributed by atoms with E-state index < -0.39 is 10.0 Å². The Bertz CT molecular complexity index is 959. The number of hydrogen-bond acceptors (Lipinski definition) is 4. The lowest BCUT2D eigenvalue weighted by atomic mass is 9.92. The molecule has 30 heavy (non-hydrogen) atoms. The Hall–Kier alpha value is -2.22. The standard InChI is InChI=1S/C23H31N3O3S/c1-26(2)17-22(19-9-4-3-5-10-19)25-23(27)14-15-24-30(28,29)21-13-12-18-8-6-7-11-20(18)16-21/h3-5,9-10,12-13,16,22,24H,6-8,11,14-15,17H2,1-2H3,(H,25,27). The minimum Gasteiger partial charge on any atom is -0.348 e. The summed E-state index contributed by atoms with van der Waals surface area (Å²) in [6.07, 6.45) is 4.28. The number of amides is 1. The Kier molecular flexibility index (Phi) is 7.64. The summed E-state index contributed by atoms with van der Waals surface area (Å²) in [7, 11) is 0.279. The van der Waals surface area contributed by atoms with E-state index in [1.807, 2.05) is 55.4 Å². The fourth-order valence-corrected chi connectivity index (χ4v) is 4.89. The maximum absolute atomic E-state index is 12.6. The molecule has 6 nitrogen and oxygen atoms in total. The number of sulfonamides is 1. The lowest BCUT2D eigenvalue weighted by Crippen LogP contribution is -2.37. The molecular formula is C23H31N3O3S. The van der Waals surface area contributed by atoms with Gasteiger partial charge in [0.25, 0.3) is 0 Å². The molecule has 0 spiro atoms. The van der Waals surface area contributed by atoms with E-state index in [0.717, 1.165) is 36.8 Å². The van der Waals surface area contributed by atoms with Crippen LogP contribution >= 0.6 is 0 Å². The summed E-state index contributed by atoms with van der Waals surface area (Å²) >= 11 is 0. The van der Waals surface area contributed by atoms with Gasteiger partial charge in [-0.15, -0.1) is 0 Å². The van der Waals surface area contributed by atoms with Crippen molar-refractivity contribution < 1.29 is 13.2 Å². The Morgan fingerprint density at radius 3 is 2.43 bits per heavy atom. The SMILES string of the molecule is CN(C)CC(NC(=O)CCNS(=O)(=O)c1ccc2c(c1)CCCC2)c1ccccc1. The number of hydrogen-bond donors (Lipinski definition) is 2. The van der Waals surface area contributed by atoms with Gasteiger partial charge in [-0.3, -0.25) is 4.79 Å². The van der Waals surface area contributed by atoms with Crippen molar-refractivity contribution in [3.8, 4) is 0 Å². The second kappa shape index (κ2) is 10.2. The Balaban J connectivity index is 1.56. The van der Waals surface area contributed by atoms with Crippen LogP contribution in [-0.4, -0.2) is 46.4 Å². The van der Waals surface area contributed by atoms with E-state index in [0.29, 0.717) is 6.54 Å². The molecule has 0 fully saturated rings. The van der Waals surface area contributed by atoms with Crippen LogP contribution in [0.5, 0.6) is 0 Å². The van der Waals surface area contributed by atoms with Gasteiger partial charge in [0.05, 0.1) is 10.9 Å². The molecule has 1 aliphatic carbocycles. The van der Waals surface area contributed by atoms with Crippen molar-refractivity contribution in [3.05, 3.63) is 65.2 Å². The van der Waals surface area contributed by atoms with Crippen molar-refractivity contribution >= 4 is 15.9 Å². The molecular weight excluding hydrogens is 398 g/mol. The molecule has 1 aliphatic rings. The predicted molar refractivity (Wildman–Crippen MR) is 119 cm³/mol. The quantitative estimate of drug-likeness (QED) is 0.642. The minimum absolute atomic E-state index is 0.0642. The van der Waals surface area contributed by atoms with E-state index in [1.54, 1.807) is 12.1 Å². The lowest BCUT2D eigenvalue weighted by Gasteiger charge is -2.23. The van der Waals surface area contributed by atoms with Crippen molar-refractivity contribution in [3.63, 3.8) is 0 Å². The number of carbonyl (C=O) groups is 1. The molecule has 3 rings (SSSR count). The summed E-state index contributed by atoms with van der Waals surface area (Å²) in [6, 6.07) is 15.0. The molecule has 0 saturated heterocycles. The van der Waals surface area contributed by atoms with Gasteiger partial charge in [-0.1, -0.05) is 36.4 Å². The zero-order chi connectivity index (χ0) is 21.6. The van der Waals surface area contributed by atoms with Gasteiger partial charge in [-0.05, 0) is 68.6 Å². The third-order valence-corrected chi connectivity index (χ3v) is 6.82. The normalized spacial score (nSPS) is 14.9. The molecule has 1 amide bonds. The first kappa shape index (κ1) is 22.5. The van der Waals surface area contributed by atoms with Crippen molar-refractivity contribution in [2.75, 3.05) is 27.2 Å². The van der Waals surface area contributed by atoms with Crippen LogP contribution in [0.15, 0.2) is 53.4 Å². The van der Waals surface area contributed by atoms with Crippen molar-refractivity contribution in [2.24, 2.45) is 0 Å². The molecule has 162 valence electrons. The van der Waals surface area contributed by atoms with Crippen molar-refractivity contribution in [2.45, 2.75) is 43.0 Å². The van der Waals surface area contributed by atoms with Gasteiger partial charge < -0.3 is 10.2 Å². The van der Waals surface area contributed by atoms with Gasteiger partial charge in [0.15, 0.2) is 0 Å². The largest absolute Gasteiger partial charge is 0.348 e. The summed E-state index contributed by atoms with van der Waals surface area (Å²) in [5.74, 6) is -0.182. The fourth-order valence-electron chi connectivity index (χ4n) is 3.81. The molecule has 2 aromatic rings. The Morgan fingerprint density at radius 2 is 1.73 bits per heavy atom. The van der Waals surface area contributed by atoms with Crippen LogP contribution in [0.25, 0.3) is 0 Å². The van der Waals surface area contributed by atoms with Gasteiger partial charge in [0.2, 0.25) is 15.9 Å². The van der Waals surface area contributed by atoms with E-state index in [-0.39, 0.29) is 29.8 Å². The zero-order valence-corrected chi connectivity index (χ0v) is 18.5. The second-order valence-electron chi connectivity index (χ2n) is 8.08. The molecule has 7 heteroatoms. The van der Waals surface area contributed by atoms with Gasteiger partial charge in [-0.2, -0.15) is 0 Å². The maximum Gasteiger partial charge on any atom is 0.240 e. The number of aryl methyl sites for hydroxylation is 2. The highest BCUT2D eigenvalue weighted by Gasteiger charge is 2.19. The summed E-state index contributed by atoms with van der Waals surface area (Å²) in [4.78, 5) is 14.7. The summed E-state index contributed by atoms with van der Waals surface area (Å²) in [5, 5.41) is 3.02. The molecule has 2 aromatic carbocycles. The van der Waals surface area contributed by atoms with Crippen LogP contribution in [0, 0.1) is 0 Å². The predicted octanol–water partition coefficient (Wildman–Crippen LogP) is 2.65. The first-order valence-corrected chi connectivity index (χ1v) is 11.9. The number of rotatable bonds is 9. The Morgan fingerprint density at radius 1 is 1.03 bits per heavy atom. The summed E-state index contributed by atoms with van der Waals surface area (Å²) in [5.41, 5.74) is 3.39. The molecule has 1 atom stereocenters. The van der Waals surface area contributed by atoms with Gasteiger partial charge >= 0.3 is 0 Å². The van der Waals surface area contributed by atoms with Crippen LogP contribution in [0.1, 0.15) is 42.0 Å². The molecule has 0 bridgehead atoms. The third-order valence-electron chi connectivity index (χ3n) is 5.36. The first-order valence-electron chi connectivity index (χ1n) is 10.5. The minimum atomic E-state index is -3.63. The second-order valence-corrected chi connectivity index (χ2v) is 9.85. The number of benzene rings is 2. The molecule has 1 unspecified atom stereocenters. The maximum atomic E-state index is 12.6. The van der Waals surface area contributed by atoms with Crippen LogP contribution in [0.2, 0.25) is 0 Å². The third kappa shape index (κ3) is 6.14. The van der Waals surface area contributed by atoms with Crippen molar-refractivity contribution in [1.82, 2.24) is 14.9 Å². The van der Waals surface area contributed by atoms with Crippen LogP contribution < -0.4 is 10.0 Å². The topological polar surface area (TPSA) is 78.5 Å². The van der Waals surface area contributed by atoms with Gasteiger partial charge in [0.1, 0.15) is 0 Å². The number of carbonyl (C=O) groups excluding carboxylic acids is 1. The van der Waals surface area contributed by atoms with Gasteiger partial charge in [-0.25, -0.2) is 13.1 Å². The van der Waals surface area contributed by atoms with Crippen LogP contribution in [0.3, 0.4) is 0 Å². The molecule has 0 aliphatic heterocycles. The monoisotopic (exact) mass is 429 g/mol. The average Bonchev–Trinajstić information content (AvgIpc) is 2.73. The highest BCUT2D eigenvalue weighted by atomic mass is 32.2. The number of fused-ring (bicyclic) bond motifs is 1. The van der Waals surface area contributed by atoms with E-state index in [1.165, 1.54) is 5.56 Å². The van der Waals surface area contributed by atoms with Crippen LogP contribution in [0.4, 0.5) is 0 Å². The number of nitrogens with one attached hydrogen (secondary N) is 2. The number of likely N-dealkylation sites (N-methyl/N-ethyl adjacent to an activating group) is 1. The van der Waals surface area contributed by atoms with E-state index in [2.05, 4.69) is 10.0 Å². The molecule has 0 aromatic heterocycles. The zero-order valence-electron chi connectivity index (χ0n) is 17.7. The highest BCUT2D eigenvalue weighted by molar-refractivity contribution is 7.89. The molecule has 0 saturated carbocycles. The van der Waals surface area contributed by atoms with Crippen molar-refractivity contribution in [1.29, 1.82) is 0 Å². The molecule has 0 heterocycles. The Labute approximate surface area is 179 Å². The fraction of sp³-hybridized carbons (Fsp3) is 0.435. The lowest BCUT2D eigenvalue weighted by molar-refractivity contribution is -0.121. The average molecular weight is 430 g/mol. The summed E-state index contributed by atoms with van der Waals surface area (Å²) in [6.45, 7) is 0.728. The van der Waals surface area contributed by atoms with E-state index in [4.69, 9.17) is 0 Å². The number of nitrogens with zero attached hydrogens (tertiary/aromatic N) is 1. The summed E-state index contributed by atoms with van der Waals surface area (Å²) < 4.78 is 27.8.